The van der Waals surface area contributed by atoms with E-state index in [1.807, 2.05) is 20.8 Å². The number of amides is 1. The number of aliphatic hydroxyl groups excluding tert-OH is 5. The van der Waals surface area contributed by atoms with Crippen molar-refractivity contribution >= 4 is 6.09 Å². The Labute approximate surface area is 148 Å². The molecule has 1 heterocycles. The molecular formula is C16H32N2O7. The molecule has 1 amide bonds. The van der Waals surface area contributed by atoms with Gasteiger partial charge in [0.05, 0.1) is 31.5 Å². The highest BCUT2D eigenvalue weighted by atomic mass is 16.6. The van der Waals surface area contributed by atoms with Crippen LogP contribution in [-0.4, -0.2) is 99.8 Å². The number of carbonyl (C=O) groups excluding carboxylic acids is 1. The van der Waals surface area contributed by atoms with E-state index >= 15 is 0 Å². The third kappa shape index (κ3) is 7.04. The predicted molar refractivity (Wildman–Crippen MR) is 89.8 cm³/mol. The summed E-state index contributed by atoms with van der Waals surface area (Å²) in [7, 11) is 0. The van der Waals surface area contributed by atoms with Crippen LogP contribution in [0.3, 0.4) is 0 Å². The Bertz CT molecular complexity index is 410. The Balaban J connectivity index is 2.25. The van der Waals surface area contributed by atoms with Gasteiger partial charge < -0.3 is 40.5 Å². The number of aliphatic hydroxyl groups is 5. The van der Waals surface area contributed by atoms with Crippen molar-refractivity contribution in [3.63, 3.8) is 0 Å². The van der Waals surface area contributed by atoms with Crippen molar-refractivity contribution in [3.05, 3.63) is 0 Å². The van der Waals surface area contributed by atoms with Gasteiger partial charge in [-0.05, 0) is 20.8 Å². The lowest BCUT2D eigenvalue weighted by Crippen LogP contribution is -2.55. The molecule has 0 radical (unpaired) electrons. The van der Waals surface area contributed by atoms with E-state index in [1.165, 1.54) is 0 Å². The van der Waals surface area contributed by atoms with Gasteiger partial charge in [0.15, 0.2) is 0 Å². The lowest BCUT2D eigenvalue weighted by Gasteiger charge is -2.40. The highest BCUT2D eigenvalue weighted by Gasteiger charge is 2.34. The molecule has 1 rings (SSSR count). The average Bonchev–Trinajstić information content (AvgIpc) is 2.47. The fourth-order valence-corrected chi connectivity index (χ4v) is 2.61. The number of likely N-dealkylation sites (tertiary alicyclic amines) is 1. The normalized spacial score (nSPS) is 20.6. The highest BCUT2D eigenvalue weighted by molar-refractivity contribution is 5.69. The molecule has 6 N–H and O–H groups in total. The molecule has 0 unspecified atom stereocenters. The van der Waals surface area contributed by atoms with Gasteiger partial charge in [0.25, 0.3) is 0 Å². The van der Waals surface area contributed by atoms with E-state index in [4.69, 9.17) is 14.9 Å². The van der Waals surface area contributed by atoms with Crippen LogP contribution >= 0.6 is 0 Å². The molecule has 0 spiro atoms. The van der Waals surface area contributed by atoms with E-state index in [9.17, 15) is 20.1 Å². The summed E-state index contributed by atoms with van der Waals surface area (Å²) in [6, 6.07) is 0. The van der Waals surface area contributed by atoms with Gasteiger partial charge in [0.2, 0.25) is 0 Å². The molecule has 9 heteroatoms. The maximum Gasteiger partial charge on any atom is 0.410 e. The molecule has 4 atom stereocenters. The standard InChI is InChI=1S/C16H32N2O7/c1-16(2,3)25-15(24)18-6-10(7-18)4-17-5-12(21)14(23)11(8-19)13(22)9-20/h10-14,17,19-23H,4-9H2,1-3H3/t11-,12+,13-,14+/m1/s1. The smallest absolute Gasteiger partial charge is 0.410 e. The second kappa shape index (κ2) is 9.65. The summed E-state index contributed by atoms with van der Waals surface area (Å²) in [4.78, 5) is 13.4. The quantitative estimate of drug-likeness (QED) is 0.279. The van der Waals surface area contributed by atoms with Crippen molar-refractivity contribution in [2.45, 2.75) is 44.7 Å². The molecule has 25 heavy (non-hydrogen) atoms. The minimum atomic E-state index is -1.36. The minimum Gasteiger partial charge on any atom is -0.444 e. The molecule has 1 aliphatic rings. The van der Waals surface area contributed by atoms with Crippen LogP contribution in [0.1, 0.15) is 20.8 Å². The largest absolute Gasteiger partial charge is 0.444 e. The van der Waals surface area contributed by atoms with Crippen LogP contribution in [0.4, 0.5) is 4.79 Å². The van der Waals surface area contributed by atoms with Gasteiger partial charge >= 0.3 is 6.09 Å². The van der Waals surface area contributed by atoms with Gasteiger partial charge in [-0.3, -0.25) is 0 Å². The van der Waals surface area contributed by atoms with Crippen molar-refractivity contribution < 1.29 is 35.1 Å². The van der Waals surface area contributed by atoms with E-state index in [2.05, 4.69) is 5.32 Å². The Morgan fingerprint density at radius 2 is 1.76 bits per heavy atom. The third-order valence-corrected chi connectivity index (χ3v) is 4.12. The molecule has 9 nitrogen and oxygen atoms in total. The third-order valence-electron chi connectivity index (χ3n) is 4.12. The summed E-state index contributed by atoms with van der Waals surface area (Å²) in [6.07, 6.45) is -4.20. The Kier molecular flexibility index (Phi) is 8.52. The Morgan fingerprint density at radius 3 is 2.24 bits per heavy atom. The van der Waals surface area contributed by atoms with Gasteiger partial charge in [-0.2, -0.15) is 0 Å². The summed E-state index contributed by atoms with van der Waals surface area (Å²) in [5, 5.41) is 50.4. The van der Waals surface area contributed by atoms with Crippen LogP contribution in [0.2, 0.25) is 0 Å². The van der Waals surface area contributed by atoms with E-state index in [-0.39, 0.29) is 18.6 Å². The van der Waals surface area contributed by atoms with Gasteiger partial charge in [-0.15, -0.1) is 0 Å². The van der Waals surface area contributed by atoms with Gasteiger partial charge in [-0.25, -0.2) is 4.79 Å². The van der Waals surface area contributed by atoms with Crippen molar-refractivity contribution in [1.82, 2.24) is 10.2 Å². The SMILES string of the molecule is CC(C)(C)OC(=O)N1CC(CNC[C@H](O)[C@@H](O)[C@H](CO)[C@H](O)CO)C1. The summed E-state index contributed by atoms with van der Waals surface area (Å²) < 4.78 is 5.26. The van der Waals surface area contributed by atoms with E-state index < -0.39 is 43.0 Å². The van der Waals surface area contributed by atoms with Crippen LogP contribution in [0.15, 0.2) is 0 Å². The van der Waals surface area contributed by atoms with E-state index in [1.54, 1.807) is 4.90 Å². The molecule has 1 fully saturated rings. The predicted octanol–water partition coefficient (Wildman–Crippen LogP) is -1.87. The van der Waals surface area contributed by atoms with E-state index in [0.717, 1.165) is 0 Å². The van der Waals surface area contributed by atoms with Crippen LogP contribution in [0.5, 0.6) is 0 Å². The first kappa shape index (κ1) is 22.1. The van der Waals surface area contributed by atoms with Gasteiger partial charge in [0.1, 0.15) is 5.60 Å². The number of nitrogens with zero attached hydrogens (tertiary/aromatic N) is 1. The molecule has 0 saturated carbocycles. The molecule has 0 bridgehead atoms. The number of hydrogen-bond donors (Lipinski definition) is 6. The zero-order chi connectivity index (χ0) is 19.2. The average molecular weight is 364 g/mol. The van der Waals surface area contributed by atoms with Crippen LogP contribution in [-0.2, 0) is 4.74 Å². The van der Waals surface area contributed by atoms with Crippen LogP contribution in [0.25, 0.3) is 0 Å². The number of nitrogens with one attached hydrogen (secondary N) is 1. The molecule has 0 aromatic heterocycles. The van der Waals surface area contributed by atoms with Crippen LogP contribution < -0.4 is 5.32 Å². The number of carbonyl (C=O) groups is 1. The zero-order valence-corrected chi connectivity index (χ0v) is 15.1. The first-order valence-electron chi connectivity index (χ1n) is 8.53. The second-order valence-electron chi connectivity index (χ2n) is 7.56. The van der Waals surface area contributed by atoms with Crippen LogP contribution in [0, 0.1) is 11.8 Å². The molecule has 0 aromatic carbocycles. The maximum absolute atomic E-state index is 11.8. The first-order chi connectivity index (χ1) is 11.6. The van der Waals surface area contributed by atoms with E-state index in [0.29, 0.717) is 19.6 Å². The van der Waals surface area contributed by atoms with Gasteiger partial charge in [0, 0.05) is 38.0 Å². The Morgan fingerprint density at radius 1 is 1.16 bits per heavy atom. The summed E-state index contributed by atoms with van der Waals surface area (Å²) in [5.74, 6) is -0.790. The Hall–Kier alpha value is -0.970. The van der Waals surface area contributed by atoms with Crippen molar-refractivity contribution in [1.29, 1.82) is 0 Å². The fraction of sp³-hybridized carbons (Fsp3) is 0.938. The first-order valence-corrected chi connectivity index (χ1v) is 8.53. The van der Waals surface area contributed by atoms with Crippen molar-refractivity contribution in [2.24, 2.45) is 11.8 Å². The summed E-state index contributed by atoms with van der Waals surface area (Å²) in [6.45, 7) is 6.01. The van der Waals surface area contributed by atoms with Gasteiger partial charge in [-0.1, -0.05) is 0 Å². The fourth-order valence-electron chi connectivity index (χ4n) is 2.61. The molecule has 1 saturated heterocycles. The highest BCUT2D eigenvalue weighted by Crippen LogP contribution is 2.19. The number of ether oxygens (including phenoxy) is 1. The van der Waals surface area contributed by atoms with Crippen molar-refractivity contribution in [3.8, 4) is 0 Å². The maximum atomic E-state index is 11.8. The monoisotopic (exact) mass is 364 g/mol. The summed E-state index contributed by atoms with van der Waals surface area (Å²) in [5.41, 5.74) is -0.525. The number of hydrogen-bond acceptors (Lipinski definition) is 8. The lowest BCUT2D eigenvalue weighted by atomic mass is 9.93. The lowest BCUT2D eigenvalue weighted by molar-refractivity contribution is -0.0850. The summed E-state index contributed by atoms with van der Waals surface area (Å²) >= 11 is 0. The molecule has 1 aliphatic heterocycles. The topological polar surface area (TPSA) is 143 Å². The second-order valence-corrected chi connectivity index (χ2v) is 7.56. The molecule has 0 aromatic rings. The van der Waals surface area contributed by atoms with Crippen molar-refractivity contribution in [2.75, 3.05) is 39.4 Å². The zero-order valence-electron chi connectivity index (χ0n) is 15.1. The minimum absolute atomic E-state index is 0.0682. The molecule has 0 aliphatic carbocycles. The molecular weight excluding hydrogens is 332 g/mol. The number of rotatable bonds is 9. The molecule has 148 valence electrons.